The fourth-order valence-corrected chi connectivity index (χ4v) is 1.53. The lowest BCUT2D eigenvalue weighted by Crippen LogP contribution is -2.13. The summed E-state index contributed by atoms with van der Waals surface area (Å²) in [7, 11) is 0. The minimum atomic E-state index is -0.650. The van der Waals surface area contributed by atoms with Crippen molar-refractivity contribution in [3.63, 3.8) is 0 Å². The van der Waals surface area contributed by atoms with Gasteiger partial charge in [0.1, 0.15) is 17.4 Å². The molecule has 0 bridgehead atoms. The quantitative estimate of drug-likeness (QED) is 0.877. The summed E-state index contributed by atoms with van der Waals surface area (Å²) in [6.45, 7) is 0. The van der Waals surface area contributed by atoms with E-state index in [1.807, 2.05) is 0 Å². The topological polar surface area (TPSA) is 52.9 Å². The van der Waals surface area contributed by atoms with Crippen LogP contribution >= 0.6 is 0 Å². The van der Waals surface area contributed by atoms with Crippen molar-refractivity contribution >= 4 is 11.6 Å². The SMILES string of the molecule is N#Cc1c(F)cccc1NC(=O)c1ccccc1. The van der Waals surface area contributed by atoms with Crippen LogP contribution < -0.4 is 5.32 Å². The summed E-state index contributed by atoms with van der Waals surface area (Å²) in [5.41, 5.74) is 0.457. The molecule has 0 unspecified atom stereocenters. The summed E-state index contributed by atoms with van der Waals surface area (Å²) >= 11 is 0. The molecule has 1 amide bonds. The van der Waals surface area contributed by atoms with Crippen LogP contribution in [0, 0.1) is 17.1 Å². The van der Waals surface area contributed by atoms with Crippen molar-refractivity contribution in [1.29, 1.82) is 5.26 Å². The molecule has 3 nitrogen and oxygen atoms in total. The Morgan fingerprint density at radius 1 is 1.11 bits per heavy atom. The zero-order chi connectivity index (χ0) is 13.0. The third kappa shape index (κ3) is 2.36. The average molecular weight is 240 g/mol. The zero-order valence-corrected chi connectivity index (χ0v) is 9.35. The minimum Gasteiger partial charge on any atom is -0.321 e. The highest BCUT2D eigenvalue weighted by atomic mass is 19.1. The number of benzene rings is 2. The Morgan fingerprint density at radius 2 is 1.83 bits per heavy atom. The van der Waals surface area contributed by atoms with Gasteiger partial charge in [-0.3, -0.25) is 4.79 Å². The predicted molar refractivity (Wildman–Crippen MR) is 65.5 cm³/mol. The molecule has 0 fully saturated rings. The van der Waals surface area contributed by atoms with E-state index in [2.05, 4.69) is 5.32 Å². The number of anilines is 1. The fraction of sp³-hybridized carbons (Fsp3) is 0. The number of hydrogen-bond acceptors (Lipinski definition) is 2. The second-order valence-corrected chi connectivity index (χ2v) is 3.59. The molecule has 1 N–H and O–H groups in total. The van der Waals surface area contributed by atoms with Gasteiger partial charge < -0.3 is 5.32 Å². The van der Waals surface area contributed by atoms with Crippen LogP contribution in [0.3, 0.4) is 0 Å². The number of nitrogens with zero attached hydrogens (tertiary/aromatic N) is 1. The third-order valence-corrected chi connectivity index (χ3v) is 2.41. The van der Waals surface area contributed by atoms with Gasteiger partial charge >= 0.3 is 0 Å². The summed E-state index contributed by atoms with van der Waals surface area (Å²) in [4.78, 5) is 11.9. The van der Waals surface area contributed by atoms with Crippen LogP contribution in [0.4, 0.5) is 10.1 Å². The molecule has 0 aromatic heterocycles. The Morgan fingerprint density at radius 3 is 2.50 bits per heavy atom. The van der Waals surface area contributed by atoms with E-state index in [-0.39, 0.29) is 17.2 Å². The van der Waals surface area contributed by atoms with Gasteiger partial charge in [0.2, 0.25) is 0 Å². The fourth-order valence-electron chi connectivity index (χ4n) is 1.53. The molecule has 0 radical (unpaired) electrons. The van der Waals surface area contributed by atoms with Crippen LogP contribution in [-0.4, -0.2) is 5.91 Å². The van der Waals surface area contributed by atoms with Crippen LogP contribution in [0.25, 0.3) is 0 Å². The second-order valence-electron chi connectivity index (χ2n) is 3.59. The summed E-state index contributed by atoms with van der Waals surface area (Å²) in [5, 5.41) is 11.4. The van der Waals surface area contributed by atoms with E-state index in [0.29, 0.717) is 5.56 Å². The Balaban J connectivity index is 2.29. The molecule has 0 saturated heterocycles. The van der Waals surface area contributed by atoms with Gasteiger partial charge in [-0.1, -0.05) is 24.3 Å². The van der Waals surface area contributed by atoms with E-state index in [1.165, 1.54) is 18.2 Å². The van der Waals surface area contributed by atoms with E-state index in [0.717, 1.165) is 0 Å². The van der Waals surface area contributed by atoms with Crippen molar-refractivity contribution in [3.05, 3.63) is 65.5 Å². The molecule has 4 heteroatoms. The first-order valence-corrected chi connectivity index (χ1v) is 5.27. The Labute approximate surface area is 103 Å². The van der Waals surface area contributed by atoms with E-state index >= 15 is 0 Å². The molecule has 0 aliphatic carbocycles. The number of amides is 1. The highest BCUT2D eigenvalue weighted by Gasteiger charge is 2.11. The van der Waals surface area contributed by atoms with Gasteiger partial charge in [0.15, 0.2) is 0 Å². The lowest BCUT2D eigenvalue weighted by Gasteiger charge is -2.07. The molecular formula is C14H9FN2O. The molecule has 2 aromatic rings. The third-order valence-electron chi connectivity index (χ3n) is 2.41. The number of carbonyl (C=O) groups is 1. The summed E-state index contributed by atoms with van der Waals surface area (Å²) in [6.07, 6.45) is 0. The zero-order valence-electron chi connectivity index (χ0n) is 9.35. The van der Waals surface area contributed by atoms with Crippen molar-refractivity contribution in [2.24, 2.45) is 0 Å². The second kappa shape index (κ2) is 5.11. The summed E-state index contributed by atoms with van der Waals surface area (Å²) < 4.78 is 13.3. The minimum absolute atomic E-state index is 0.165. The van der Waals surface area contributed by atoms with E-state index in [1.54, 1.807) is 36.4 Å². The monoisotopic (exact) mass is 240 g/mol. The van der Waals surface area contributed by atoms with Crippen LogP contribution in [-0.2, 0) is 0 Å². The largest absolute Gasteiger partial charge is 0.321 e. The molecule has 0 aliphatic rings. The van der Waals surface area contributed by atoms with Crippen molar-refractivity contribution < 1.29 is 9.18 Å². The molecule has 2 aromatic carbocycles. The van der Waals surface area contributed by atoms with Crippen LogP contribution in [0.5, 0.6) is 0 Å². The molecule has 0 spiro atoms. The lowest BCUT2D eigenvalue weighted by molar-refractivity contribution is 0.102. The van der Waals surface area contributed by atoms with Crippen LogP contribution in [0.1, 0.15) is 15.9 Å². The van der Waals surface area contributed by atoms with Gasteiger partial charge in [-0.2, -0.15) is 5.26 Å². The van der Waals surface area contributed by atoms with Gasteiger partial charge in [-0.15, -0.1) is 0 Å². The number of rotatable bonds is 2. The van der Waals surface area contributed by atoms with Crippen molar-refractivity contribution in [3.8, 4) is 6.07 Å². The summed E-state index contributed by atoms with van der Waals surface area (Å²) in [6, 6.07) is 14.4. The number of halogens is 1. The molecule has 2 rings (SSSR count). The number of carbonyl (C=O) groups excluding carboxylic acids is 1. The van der Waals surface area contributed by atoms with E-state index in [9.17, 15) is 9.18 Å². The molecule has 18 heavy (non-hydrogen) atoms. The lowest BCUT2D eigenvalue weighted by atomic mass is 10.1. The van der Waals surface area contributed by atoms with E-state index < -0.39 is 5.82 Å². The summed E-state index contributed by atoms with van der Waals surface area (Å²) in [5.74, 6) is -1.03. The number of hydrogen-bond donors (Lipinski definition) is 1. The van der Waals surface area contributed by atoms with E-state index in [4.69, 9.17) is 5.26 Å². The molecule has 0 atom stereocenters. The highest BCUT2D eigenvalue weighted by molar-refractivity contribution is 6.04. The number of nitriles is 1. The smallest absolute Gasteiger partial charge is 0.255 e. The van der Waals surface area contributed by atoms with Gasteiger partial charge in [-0.25, -0.2) is 4.39 Å². The van der Waals surface area contributed by atoms with Gasteiger partial charge in [-0.05, 0) is 24.3 Å². The molecule has 0 aliphatic heterocycles. The Hall–Kier alpha value is -2.67. The van der Waals surface area contributed by atoms with Crippen molar-refractivity contribution in [2.45, 2.75) is 0 Å². The first kappa shape index (κ1) is 11.8. The maximum absolute atomic E-state index is 13.3. The normalized spacial score (nSPS) is 9.56. The van der Waals surface area contributed by atoms with Crippen LogP contribution in [0.15, 0.2) is 48.5 Å². The van der Waals surface area contributed by atoms with Crippen molar-refractivity contribution in [2.75, 3.05) is 5.32 Å². The highest BCUT2D eigenvalue weighted by Crippen LogP contribution is 2.18. The van der Waals surface area contributed by atoms with Gasteiger partial charge in [0, 0.05) is 5.56 Å². The first-order chi connectivity index (χ1) is 8.72. The Bertz CT molecular complexity index is 617. The first-order valence-electron chi connectivity index (χ1n) is 5.27. The number of nitrogens with one attached hydrogen (secondary N) is 1. The van der Waals surface area contributed by atoms with Crippen molar-refractivity contribution in [1.82, 2.24) is 0 Å². The molecule has 0 heterocycles. The predicted octanol–water partition coefficient (Wildman–Crippen LogP) is 2.95. The molecule has 0 saturated carbocycles. The standard InChI is InChI=1S/C14H9FN2O/c15-12-7-4-8-13(11(12)9-16)17-14(18)10-5-2-1-3-6-10/h1-8H,(H,17,18). The van der Waals surface area contributed by atoms with Crippen LogP contribution in [0.2, 0.25) is 0 Å². The Kier molecular flexibility index (Phi) is 3.35. The maximum atomic E-state index is 13.3. The average Bonchev–Trinajstić information content (AvgIpc) is 2.40. The molecule has 88 valence electrons. The molecular weight excluding hydrogens is 231 g/mol. The maximum Gasteiger partial charge on any atom is 0.255 e. The van der Waals surface area contributed by atoms with Gasteiger partial charge in [0.05, 0.1) is 5.69 Å². The van der Waals surface area contributed by atoms with Gasteiger partial charge in [0.25, 0.3) is 5.91 Å².